The Labute approximate surface area is 146 Å². The molecule has 25 heavy (non-hydrogen) atoms. The van der Waals surface area contributed by atoms with Gasteiger partial charge in [0.05, 0.1) is 19.0 Å². The molecule has 0 saturated carbocycles. The standard InChI is InChI=1S/C18H23N5O2/c1-4-22-16-11-20-23(18(16)13(2)21-22)12-17(24)19-10-9-14-5-7-15(25-3)8-6-14/h5-8,11H,4,9-10,12H2,1-3H3,(H,19,24). The van der Waals surface area contributed by atoms with Crippen LogP contribution in [0.5, 0.6) is 5.75 Å². The summed E-state index contributed by atoms with van der Waals surface area (Å²) in [5.74, 6) is 0.778. The molecule has 0 saturated heterocycles. The fourth-order valence-corrected chi connectivity index (χ4v) is 2.91. The first-order valence-electron chi connectivity index (χ1n) is 8.41. The maximum absolute atomic E-state index is 12.2. The van der Waals surface area contributed by atoms with E-state index in [1.54, 1.807) is 18.0 Å². The Hall–Kier alpha value is -2.83. The van der Waals surface area contributed by atoms with Gasteiger partial charge in [-0.1, -0.05) is 12.1 Å². The van der Waals surface area contributed by atoms with Gasteiger partial charge in [0.2, 0.25) is 5.91 Å². The van der Waals surface area contributed by atoms with Crippen molar-refractivity contribution in [2.24, 2.45) is 0 Å². The molecule has 7 heteroatoms. The Morgan fingerprint density at radius 3 is 2.68 bits per heavy atom. The van der Waals surface area contributed by atoms with E-state index < -0.39 is 0 Å². The topological polar surface area (TPSA) is 74.0 Å². The highest BCUT2D eigenvalue weighted by molar-refractivity contribution is 5.81. The number of carbonyl (C=O) groups excluding carboxylic acids is 1. The average molecular weight is 341 g/mol. The van der Waals surface area contributed by atoms with Crippen LogP contribution in [-0.4, -0.2) is 39.1 Å². The largest absolute Gasteiger partial charge is 0.497 e. The van der Waals surface area contributed by atoms with E-state index in [1.165, 1.54) is 0 Å². The van der Waals surface area contributed by atoms with Crippen molar-refractivity contribution < 1.29 is 9.53 Å². The molecule has 0 atom stereocenters. The molecule has 2 heterocycles. The smallest absolute Gasteiger partial charge is 0.241 e. The number of benzene rings is 1. The van der Waals surface area contributed by atoms with Crippen LogP contribution in [0.4, 0.5) is 0 Å². The van der Waals surface area contributed by atoms with E-state index in [0.29, 0.717) is 6.54 Å². The highest BCUT2D eigenvalue weighted by Gasteiger charge is 2.14. The van der Waals surface area contributed by atoms with Gasteiger partial charge in [-0.15, -0.1) is 0 Å². The highest BCUT2D eigenvalue weighted by Crippen LogP contribution is 2.17. The number of fused-ring (bicyclic) bond motifs is 1. The lowest BCUT2D eigenvalue weighted by Gasteiger charge is -2.07. The molecule has 0 aliphatic carbocycles. The maximum atomic E-state index is 12.2. The summed E-state index contributed by atoms with van der Waals surface area (Å²) in [5, 5.41) is 11.7. The van der Waals surface area contributed by atoms with Crippen molar-refractivity contribution in [2.75, 3.05) is 13.7 Å². The van der Waals surface area contributed by atoms with Gasteiger partial charge in [0.15, 0.2) is 0 Å². The second-order valence-electron chi connectivity index (χ2n) is 5.89. The van der Waals surface area contributed by atoms with Crippen LogP contribution in [0.25, 0.3) is 11.0 Å². The summed E-state index contributed by atoms with van der Waals surface area (Å²) in [7, 11) is 1.65. The lowest BCUT2D eigenvalue weighted by atomic mass is 10.1. The molecule has 0 spiro atoms. The minimum atomic E-state index is -0.0536. The third-order valence-corrected chi connectivity index (χ3v) is 4.20. The SMILES string of the molecule is CCn1nc(C)c2c1cnn2CC(=O)NCCc1ccc(OC)cc1. The Balaban J connectivity index is 1.56. The number of amides is 1. The average Bonchev–Trinajstić information content (AvgIpc) is 3.17. The molecule has 0 aliphatic heterocycles. The Kier molecular flexibility index (Phi) is 5.02. The van der Waals surface area contributed by atoms with Gasteiger partial charge >= 0.3 is 0 Å². The van der Waals surface area contributed by atoms with Crippen LogP contribution in [0.15, 0.2) is 30.5 Å². The predicted molar refractivity (Wildman–Crippen MR) is 95.6 cm³/mol. The number of methoxy groups -OCH3 is 1. The molecule has 3 aromatic rings. The lowest BCUT2D eigenvalue weighted by molar-refractivity contribution is -0.121. The number of nitrogens with one attached hydrogen (secondary N) is 1. The van der Waals surface area contributed by atoms with Gasteiger partial charge in [0.25, 0.3) is 0 Å². The molecule has 0 unspecified atom stereocenters. The summed E-state index contributed by atoms with van der Waals surface area (Å²) in [6.45, 7) is 5.54. The molecule has 3 rings (SSSR count). The van der Waals surface area contributed by atoms with E-state index in [4.69, 9.17) is 4.74 Å². The molecule has 0 radical (unpaired) electrons. The summed E-state index contributed by atoms with van der Waals surface area (Å²) in [5.41, 5.74) is 3.93. The van der Waals surface area contributed by atoms with Gasteiger partial charge in [-0.25, -0.2) is 0 Å². The van der Waals surface area contributed by atoms with Crippen LogP contribution >= 0.6 is 0 Å². The van der Waals surface area contributed by atoms with Crippen molar-refractivity contribution in [3.63, 3.8) is 0 Å². The van der Waals surface area contributed by atoms with Crippen LogP contribution in [0, 0.1) is 6.92 Å². The molecular weight excluding hydrogens is 318 g/mol. The van der Waals surface area contributed by atoms with E-state index in [0.717, 1.165) is 41.0 Å². The zero-order valence-corrected chi connectivity index (χ0v) is 14.8. The van der Waals surface area contributed by atoms with Crippen molar-refractivity contribution in [2.45, 2.75) is 33.4 Å². The summed E-state index contributed by atoms with van der Waals surface area (Å²) in [6.07, 6.45) is 2.54. The fraction of sp³-hybridized carbons (Fsp3) is 0.389. The maximum Gasteiger partial charge on any atom is 0.241 e. The monoisotopic (exact) mass is 341 g/mol. The second-order valence-corrected chi connectivity index (χ2v) is 5.89. The summed E-state index contributed by atoms with van der Waals surface area (Å²) in [6, 6.07) is 7.85. The number of aromatic nitrogens is 4. The normalized spacial score (nSPS) is 11.0. The fourth-order valence-electron chi connectivity index (χ4n) is 2.91. The molecule has 132 valence electrons. The lowest BCUT2D eigenvalue weighted by Crippen LogP contribution is -2.29. The zero-order chi connectivity index (χ0) is 17.8. The number of nitrogens with zero attached hydrogens (tertiary/aromatic N) is 4. The molecular formula is C18H23N5O2. The van der Waals surface area contributed by atoms with Crippen LogP contribution in [0.2, 0.25) is 0 Å². The van der Waals surface area contributed by atoms with Gasteiger partial charge in [0, 0.05) is 13.1 Å². The van der Waals surface area contributed by atoms with Crippen molar-refractivity contribution in [1.82, 2.24) is 24.9 Å². The summed E-state index contributed by atoms with van der Waals surface area (Å²) >= 11 is 0. The van der Waals surface area contributed by atoms with Crippen LogP contribution in [0.3, 0.4) is 0 Å². The first-order chi connectivity index (χ1) is 12.1. The number of rotatable bonds is 7. The molecule has 2 aromatic heterocycles. The van der Waals surface area contributed by atoms with E-state index in [2.05, 4.69) is 15.5 Å². The van der Waals surface area contributed by atoms with Gasteiger partial charge in [-0.05, 0) is 38.0 Å². The third-order valence-electron chi connectivity index (χ3n) is 4.20. The van der Waals surface area contributed by atoms with Crippen LogP contribution in [-0.2, 0) is 24.3 Å². The highest BCUT2D eigenvalue weighted by atomic mass is 16.5. The number of carbonyl (C=O) groups is 1. The van der Waals surface area contributed by atoms with Crippen molar-refractivity contribution in [3.8, 4) is 5.75 Å². The Morgan fingerprint density at radius 1 is 1.24 bits per heavy atom. The quantitative estimate of drug-likeness (QED) is 0.713. The van der Waals surface area contributed by atoms with Gasteiger partial charge in [0.1, 0.15) is 23.3 Å². The van der Waals surface area contributed by atoms with Crippen LogP contribution in [0.1, 0.15) is 18.2 Å². The minimum Gasteiger partial charge on any atom is -0.497 e. The van der Waals surface area contributed by atoms with E-state index in [-0.39, 0.29) is 12.5 Å². The summed E-state index contributed by atoms with van der Waals surface area (Å²) < 4.78 is 8.75. The van der Waals surface area contributed by atoms with Gasteiger partial charge < -0.3 is 10.1 Å². The molecule has 0 aliphatic rings. The second kappa shape index (κ2) is 7.38. The molecule has 7 nitrogen and oxygen atoms in total. The van der Waals surface area contributed by atoms with Gasteiger partial charge in [-0.3, -0.25) is 14.2 Å². The van der Waals surface area contributed by atoms with E-state index in [9.17, 15) is 4.79 Å². The predicted octanol–water partition coefficient (Wildman–Crippen LogP) is 1.93. The molecule has 0 bridgehead atoms. The summed E-state index contributed by atoms with van der Waals surface area (Å²) in [4.78, 5) is 12.2. The Morgan fingerprint density at radius 2 is 2.00 bits per heavy atom. The minimum absolute atomic E-state index is 0.0536. The molecule has 0 fully saturated rings. The van der Waals surface area contributed by atoms with Crippen LogP contribution < -0.4 is 10.1 Å². The van der Waals surface area contributed by atoms with Crippen molar-refractivity contribution >= 4 is 16.9 Å². The number of ether oxygens (including phenoxy) is 1. The van der Waals surface area contributed by atoms with Gasteiger partial charge in [-0.2, -0.15) is 10.2 Å². The van der Waals surface area contributed by atoms with E-state index in [1.807, 2.05) is 42.8 Å². The Bertz CT molecular complexity index is 864. The molecule has 1 N–H and O–H groups in total. The van der Waals surface area contributed by atoms with E-state index >= 15 is 0 Å². The molecule has 1 aromatic carbocycles. The van der Waals surface area contributed by atoms with Crippen molar-refractivity contribution in [3.05, 3.63) is 41.7 Å². The molecule has 1 amide bonds. The van der Waals surface area contributed by atoms with Crippen molar-refractivity contribution in [1.29, 1.82) is 0 Å². The zero-order valence-electron chi connectivity index (χ0n) is 14.8. The number of hydrogen-bond acceptors (Lipinski definition) is 4. The first kappa shape index (κ1) is 17.0. The third kappa shape index (κ3) is 3.65. The number of hydrogen-bond donors (Lipinski definition) is 1. The number of aryl methyl sites for hydroxylation is 2. The first-order valence-corrected chi connectivity index (χ1v) is 8.41.